The standard InChI is InChI=1S/C22H26O7/c1-5-6-11-18-14(25-3)9-17(23)28-15(18)7-12-10(2)27-21(26-4)13-8-16-19(29-16)20(24)22(11,12)13/h8-12,16,19,21H,5-7H2,1-4H3/t10-,11-,12-,16+,19+,21+,22-/m0/s1. The van der Waals surface area contributed by atoms with Gasteiger partial charge in [0.15, 0.2) is 12.1 Å². The molecule has 4 aliphatic rings. The second-order valence-electron chi connectivity index (χ2n) is 8.41. The van der Waals surface area contributed by atoms with Crippen molar-refractivity contribution in [1.82, 2.24) is 0 Å². The Kier molecular flexibility index (Phi) is 4.28. The fourth-order valence-corrected chi connectivity index (χ4v) is 6.00. The minimum Gasteiger partial charge on any atom is -0.496 e. The summed E-state index contributed by atoms with van der Waals surface area (Å²) < 4.78 is 28.8. The molecule has 0 N–H and O–H groups in total. The first-order valence-corrected chi connectivity index (χ1v) is 10.3. The number of ketones is 1. The average molecular weight is 402 g/mol. The number of rotatable bonds is 4. The predicted octanol–water partition coefficient (Wildman–Crippen LogP) is 2.36. The summed E-state index contributed by atoms with van der Waals surface area (Å²) in [6.07, 6.45) is 2.61. The maximum Gasteiger partial charge on any atom is 0.339 e. The van der Waals surface area contributed by atoms with Crippen LogP contribution >= 0.6 is 0 Å². The van der Waals surface area contributed by atoms with Crippen LogP contribution in [0.3, 0.4) is 0 Å². The van der Waals surface area contributed by atoms with Crippen LogP contribution in [0.15, 0.2) is 26.9 Å². The first-order chi connectivity index (χ1) is 14.0. The van der Waals surface area contributed by atoms with Gasteiger partial charge in [0.05, 0.1) is 24.7 Å². The molecule has 29 heavy (non-hydrogen) atoms. The number of fused-ring (bicyclic) bond motifs is 2. The molecule has 1 aromatic rings. The Bertz CT molecular complexity index is 947. The van der Waals surface area contributed by atoms with Gasteiger partial charge in [-0.1, -0.05) is 13.3 Å². The second kappa shape index (κ2) is 6.52. The number of epoxide rings is 1. The van der Waals surface area contributed by atoms with Crippen molar-refractivity contribution in [2.45, 2.75) is 63.6 Å². The lowest BCUT2D eigenvalue weighted by Crippen LogP contribution is -2.61. The smallest absolute Gasteiger partial charge is 0.339 e. The molecule has 5 rings (SSSR count). The highest BCUT2D eigenvalue weighted by Gasteiger charge is 2.70. The Morgan fingerprint density at radius 2 is 2.03 bits per heavy atom. The molecule has 0 unspecified atom stereocenters. The number of Topliss-reactive ketones (excluding diaryl/α,β-unsaturated/α-hetero) is 1. The van der Waals surface area contributed by atoms with E-state index >= 15 is 0 Å². The van der Waals surface area contributed by atoms with Crippen LogP contribution in [0.1, 0.15) is 43.9 Å². The van der Waals surface area contributed by atoms with Crippen LogP contribution in [0.2, 0.25) is 0 Å². The summed E-state index contributed by atoms with van der Waals surface area (Å²) in [5.41, 5.74) is 0.422. The SMILES string of the molecule is CCC[C@H]1c2c(OC)cc(=O)oc2C[C@H]2[C@H](C)O[C@@H](OC)C3=C[C@H]4O[C@H]4C(=O)[C@@]312. The van der Waals surface area contributed by atoms with E-state index in [1.807, 2.05) is 13.0 Å². The van der Waals surface area contributed by atoms with E-state index in [0.717, 1.165) is 24.0 Å². The van der Waals surface area contributed by atoms with Crippen molar-refractivity contribution >= 4 is 5.78 Å². The molecule has 156 valence electrons. The van der Waals surface area contributed by atoms with Crippen LogP contribution in [0.4, 0.5) is 0 Å². The van der Waals surface area contributed by atoms with E-state index in [-0.39, 0.29) is 29.8 Å². The zero-order chi connectivity index (χ0) is 20.5. The predicted molar refractivity (Wildman–Crippen MR) is 102 cm³/mol. The van der Waals surface area contributed by atoms with E-state index < -0.39 is 23.4 Å². The van der Waals surface area contributed by atoms with Crippen LogP contribution in [-0.2, 0) is 25.4 Å². The molecule has 7 nitrogen and oxygen atoms in total. The zero-order valence-electron chi connectivity index (χ0n) is 17.1. The van der Waals surface area contributed by atoms with Crippen LogP contribution in [0.5, 0.6) is 5.75 Å². The minimum atomic E-state index is -0.813. The Balaban J connectivity index is 1.81. The molecular weight excluding hydrogens is 376 g/mol. The Morgan fingerprint density at radius 1 is 1.24 bits per heavy atom. The quantitative estimate of drug-likeness (QED) is 0.564. The number of carbonyl (C=O) groups is 1. The van der Waals surface area contributed by atoms with Gasteiger partial charge in [0.25, 0.3) is 0 Å². The van der Waals surface area contributed by atoms with Crippen LogP contribution in [0, 0.1) is 11.3 Å². The number of ether oxygens (including phenoxy) is 4. The van der Waals surface area contributed by atoms with Crippen molar-refractivity contribution in [2.75, 3.05) is 14.2 Å². The van der Waals surface area contributed by atoms with Crippen molar-refractivity contribution in [3.05, 3.63) is 39.5 Å². The van der Waals surface area contributed by atoms with E-state index in [9.17, 15) is 9.59 Å². The first-order valence-electron chi connectivity index (χ1n) is 10.3. The fraction of sp³-hybridized carbons (Fsp3) is 0.636. The summed E-state index contributed by atoms with van der Waals surface area (Å²) in [5.74, 6) is 0.812. The molecule has 7 heteroatoms. The highest BCUT2D eigenvalue weighted by Crippen LogP contribution is 2.65. The largest absolute Gasteiger partial charge is 0.496 e. The Morgan fingerprint density at radius 3 is 2.72 bits per heavy atom. The molecule has 2 fully saturated rings. The average Bonchev–Trinajstić information content (AvgIpc) is 3.48. The normalized spacial score (nSPS) is 39.6. The van der Waals surface area contributed by atoms with E-state index in [0.29, 0.717) is 17.9 Å². The topological polar surface area (TPSA) is 87.5 Å². The molecule has 0 amide bonds. The highest BCUT2D eigenvalue weighted by atomic mass is 16.7. The van der Waals surface area contributed by atoms with Gasteiger partial charge < -0.3 is 23.4 Å². The molecule has 1 aromatic heterocycles. The highest BCUT2D eigenvalue weighted by molar-refractivity contribution is 5.98. The van der Waals surface area contributed by atoms with E-state index in [1.54, 1.807) is 14.2 Å². The van der Waals surface area contributed by atoms with E-state index in [4.69, 9.17) is 23.4 Å². The molecule has 0 aromatic carbocycles. The molecule has 1 spiro atoms. The van der Waals surface area contributed by atoms with Crippen molar-refractivity contribution in [1.29, 1.82) is 0 Å². The monoisotopic (exact) mass is 402 g/mol. The summed E-state index contributed by atoms with van der Waals surface area (Å²) in [6, 6.07) is 1.38. The third-order valence-corrected chi connectivity index (χ3v) is 7.11. The van der Waals surface area contributed by atoms with Crippen molar-refractivity contribution in [2.24, 2.45) is 11.3 Å². The third-order valence-electron chi connectivity index (χ3n) is 7.11. The minimum absolute atomic E-state index is 0.0968. The van der Waals surface area contributed by atoms with Gasteiger partial charge in [0.1, 0.15) is 23.7 Å². The van der Waals surface area contributed by atoms with Crippen LogP contribution in [0.25, 0.3) is 0 Å². The van der Waals surface area contributed by atoms with Gasteiger partial charge in [-0.3, -0.25) is 4.79 Å². The van der Waals surface area contributed by atoms with Gasteiger partial charge in [0, 0.05) is 30.9 Å². The molecule has 2 aliphatic heterocycles. The van der Waals surface area contributed by atoms with Crippen LogP contribution in [-0.4, -0.2) is 44.6 Å². The van der Waals surface area contributed by atoms with E-state index in [2.05, 4.69) is 6.92 Å². The number of carbonyl (C=O) groups excluding carboxylic acids is 1. The number of hydrogen-bond donors (Lipinski definition) is 0. The van der Waals surface area contributed by atoms with Gasteiger partial charge in [-0.2, -0.15) is 0 Å². The molecule has 2 aliphatic carbocycles. The lowest BCUT2D eigenvalue weighted by atomic mass is 9.49. The van der Waals surface area contributed by atoms with E-state index in [1.165, 1.54) is 6.07 Å². The summed E-state index contributed by atoms with van der Waals surface area (Å²) in [6.45, 7) is 4.06. The molecule has 0 saturated carbocycles. The number of methoxy groups -OCH3 is 2. The molecule has 7 atom stereocenters. The molecule has 0 radical (unpaired) electrons. The van der Waals surface area contributed by atoms with Gasteiger partial charge in [-0.15, -0.1) is 0 Å². The molecular formula is C22H26O7. The lowest BCUT2D eigenvalue weighted by molar-refractivity contribution is -0.203. The van der Waals surface area contributed by atoms with Crippen molar-refractivity contribution in [3.8, 4) is 5.75 Å². The maximum atomic E-state index is 13.9. The Labute approximate surface area is 169 Å². The number of hydrogen-bond acceptors (Lipinski definition) is 7. The van der Waals surface area contributed by atoms with Crippen molar-refractivity contribution in [3.63, 3.8) is 0 Å². The maximum absolute atomic E-state index is 13.9. The molecule has 3 heterocycles. The summed E-state index contributed by atoms with van der Waals surface area (Å²) >= 11 is 0. The van der Waals surface area contributed by atoms with Gasteiger partial charge in [0.2, 0.25) is 0 Å². The summed E-state index contributed by atoms with van der Waals surface area (Å²) in [4.78, 5) is 26.0. The van der Waals surface area contributed by atoms with Gasteiger partial charge in [-0.05, 0) is 25.0 Å². The first kappa shape index (κ1) is 19.0. The Hall–Kier alpha value is -1.96. The second-order valence-corrected chi connectivity index (χ2v) is 8.41. The van der Waals surface area contributed by atoms with Crippen LogP contribution < -0.4 is 10.4 Å². The zero-order valence-corrected chi connectivity index (χ0v) is 17.1. The summed E-state index contributed by atoms with van der Waals surface area (Å²) in [7, 11) is 3.15. The fourth-order valence-electron chi connectivity index (χ4n) is 6.00. The van der Waals surface area contributed by atoms with Gasteiger partial charge >= 0.3 is 5.63 Å². The lowest BCUT2D eigenvalue weighted by Gasteiger charge is -2.56. The summed E-state index contributed by atoms with van der Waals surface area (Å²) in [5, 5.41) is 0. The molecule has 2 saturated heterocycles. The third kappa shape index (κ3) is 2.41. The van der Waals surface area contributed by atoms with Crippen molar-refractivity contribution < 1.29 is 28.2 Å². The van der Waals surface area contributed by atoms with Gasteiger partial charge in [-0.25, -0.2) is 4.79 Å². The molecule has 0 bridgehead atoms.